The highest BCUT2D eigenvalue weighted by molar-refractivity contribution is 9.10. The summed E-state index contributed by atoms with van der Waals surface area (Å²) < 4.78 is 2.63. The Kier molecular flexibility index (Phi) is 4.21. The van der Waals surface area contributed by atoms with Crippen molar-refractivity contribution in [1.29, 1.82) is 0 Å². The van der Waals surface area contributed by atoms with Crippen molar-refractivity contribution in [2.24, 2.45) is 11.7 Å². The van der Waals surface area contributed by atoms with E-state index in [0.717, 1.165) is 34.2 Å². The lowest BCUT2D eigenvalue weighted by Crippen LogP contribution is -2.09. The van der Waals surface area contributed by atoms with E-state index in [4.69, 9.17) is 5.73 Å². The second kappa shape index (κ2) is 6.10. The predicted octanol–water partition coefficient (Wildman–Crippen LogP) is 2.94. The molecule has 0 amide bonds. The standard InChI is InChI=1S/C14H20BrN5/c15-14-11(9-16)18-13-6-5-12(19-20(13)14)17-8-7-10-3-1-2-4-10/h5-6,10H,1-4,7-9,16H2,(H,17,19). The number of nitrogens with one attached hydrogen (secondary N) is 1. The van der Waals surface area contributed by atoms with Gasteiger partial charge in [-0.3, -0.25) is 0 Å². The lowest BCUT2D eigenvalue weighted by atomic mass is 10.0. The number of fused-ring (bicyclic) bond motifs is 1. The summed E-state index contributed by atoms with van der Waals surface area (Å²) in [7, 11) is 0. The minimum atomic E-state index is 0.411. The second-order valence-electron chi connectivity index (χ2n) is 5.41. The molecule has 2 heterocycles. The van der Waals surface area contributed by atoms with Crippen molar-refractivity contribution in [2.45, 2.75) is 38.6 Å². The number of hydrogen-bond acceptors (Lipinski definition) is 4. The fraction of sp³-hybridized carbons (Fsp3) is 0.571. The second-order valence-corrected chi connectivity index (χ2v) is 6.16. The third-order valence-corrected chi connectivity index (χ3v) is 4.81. The topological polar surface area (TPSA) is 68.2 Å². The Balaban J connectivity index is 1.67. The maximum absolute atomic E-state index is 5.65. The molecule has 0 atom stereocenters. The van der Waals surface area contributed by atoms with Gasteiger partial charge in [0.15, 0.2) is 5.65 Å². The van der Waals surface area contributed by atoms with Crippen molar-refractivity contribution in [2.75, 3.05) is 11.9 Å². The molecule has 20 heavy (non-hydrogen) atoms. The van der Waals surface area contributed by atoms with Gasteiger partial charge < -0.3 is 11.1 Å². The van der Waals surface area contributed by atoms with Gasteiger partial charge in [0.2, 0.25) is 0 Å². The first-order chi connectivity index (χ1) is 9.78. The van der Waals surface area contributed by atoms with Crippen molar-refractivity contribution in [3.63, 3.8) is 0 Å². The van der Waals surface area contributed by atoms with Crippen molar-refractivity contribution in [3.05, 3.63) is 22.4 Å². The van der Waals surface area contributed by atoms with Gasteiger partial charge in [-0.05, 0) is 40.4 Å². The Morgan fingerprint density at radius 2 is 2.15 bits per heavy atom. The maximum Gasteiger partial charge on any atom is 0.155 e. The van der Waals surface area contributed by atoms with Crippen molar-refractivity contribution < 1.29 is 0 Å². The van der Waals surface area contributed by atoms with Crippen LogP contribution in [0.15, 0.2) is 16.7 Å². The third-order valence-electron chi connectivity index (χ3n) is 4.02. The zero-order chi connectivity index (χ0) is 13.9. The fourth-order valence-electron chi connectivity index (χ4n) is 2.88. The van der Waals surface area contributed by atoms with Crippen LogP contribution in [0.25, 0.3) is 5.65 Å². The number of nitrogens with zero attached hydrogens (tertiary/aromatic N) is 3. The Labute approximate surface area is 127 Å². The molecule has 0 spiro atoms. The molecule has 2 aromatic heterocycles. The Morgan fingerprint density at radius 3 is 2.90 bits per heavy atom. The average Bonchev–Trinajstić information content (AvgIpc) is 3.08. The highest BCUT2D eigenvalue weighted by Gasteiger charge is 2.14. The first-order valence-electron chi connectivity index (χ1n) is 7.26. The van der Waals surface area contributed by atoms with Gasteiger partial charge in [0.25, 0.3) is 0 Å². The highest BCUT2D eigenvalue weighted by atomic mass is 79.9. The molecule has 1 aliphatic carbocycles. The van der Waals surface area contributed by atoms with Gasteiger partial charge in [-0.1, -0.05) is 25.7 Å². The number of anilines is 1. The predicted molar refractivity (Wildman–Crippen MR) is 83.6 cm³/mol. The molecule has 1 saturated carbocycles. The molecule has 0 saturated heterocycles. The molecule has 6 heteroatoms. The van der Waals surface area contributed by atoms with Gasteiger partial charge in [0, 0.05) is 13.1 Å². The van der Waals surface area contributed by atoms with Crippen molar-refractivity contribution in [1.82, 2.24) is 14.6 Å². The van der Waals surface area contributed by atoms with Crippen molar-refractivity contribution in [3.8, 4) is 0 Å². The zero-order valence-corrected chi connectivity index (χ0v) is 13.1. The number of imidazole rings is 1. The molecular weight excluding hydrogens is 318 g/mol. The lowest BCUT2D eigenvalue weighted by molar-refractivity contribution is 0.518. The van der Waals surface area contributed by atoms with E-state index >= 15 is 0 Å². The molecule has 108 valence electrons. The molecular formula is C14H20BrN5. The first-order valence-corrected chi connectivity index (χ1v) is 8.05. The van der Waals surface area contributed by atoms with Crippen LogP contribution < -0.4 is 11.1 Å². The van der Waals surface area contributed by atoms with Crippen LogP contribution >= 0.6 is 15.9 Å². The van der Waals surface area contributed by atoms with Crippen LogP contribution in [0.4, 0.5) is 5.82 Å². The molecule has 0 unspecified atom stereocenters. The van der Waals surface area contributed by atoms with E-state index in [1.165, 1.54) is 32.1 Å². The fourth-order valence-corrected chi connectivity index (χ4v) is 3.39. The van der Waals surface area contributed by atoms with E-state index in [-0.39, 0.29) is 0 Å². The van der Waals surface area contributed by atoms with Gasteiger partial charge in [-0.2, -0.15) is 0 Å². The summed E-state index contributed by atoms with van der Waals surface area (Å²) >= 11 is 3.50. The molecule has 3 N–H and O–H groups in total. The van der Waals surface area contributed by atoms with Crippen LogP contribution in [-0.2, 0) is 6.54 Å². The Hall–Kier alpha value is -1.14. The van der Waals surface area contributed by atoms with E-state index in [1.807, 2.05) is 12.1 Å². The minimum absolute atomic E-state index is 0.411. The van der Waals surface area contributed by atoms with Gasteiger partial charge in [-0.15, -0.1) is 5.10 Å². The monoisotopic (exact) mass is 337 g/mol. The van der Waals surface area contributed by atoms with E-state index in [0.29, 0.717) is 6.54 Å². The minimum Gasteiger partial charge on any atom is -0.369 e. The van der Waals surface area contributed by atoms with Crippen molar-refractivity contribution >= 4 is 27.4 Å². The Morgan fingerprint density at radius 1 is 1.35 bits per heavy atom. The van der Waals surface area contributed by atoms with E-state index in [9.17, 15) is 0 Å². The number of rotatable bonds is 5. The van der Waals surface area contributed by atoms with E-state index in [1.54, 1.807) is 4.52 Å². The van der Waals surface area contributed by atoms with Gasteiger partial charge >= 0.3 is 0 Å². The summed E-state index contributed by atoms with van der Waals surface area (Å²) in [6, 6.07) is 3.94. The highest BCUT2D eigenvalue weighted by Crippen LogP contribution is 2.27. The largest absolute Gasteiger partial charge is 0.369 e. The molecule has 3 rings (SSSR count). The molecule has 1 aliphatic rings. The van der Waals surface area contributed by atoms with E-state index in [2.05, 4.69) is 31.3 Å². The van der Waals surface area contributed by atoms with E-state index < -0.39 is 0 Å². The zero-order valence-electron chi connectivity index (χ0n) is 11.5. The maximum atomic E-state index is 5.65. The SMILES string of the molecule is NCc1nc2ccc(NCCC3CCCC3)nn2c1Br. The molecule has 0 aromatic carbocycles. The molecule has 1 fully saturated rings. The normalized spacial score (nSPS) is 16.1. The van der Waals surface area contributed by atoms with Crippen LogP contribution in [0.2, 0.25) is 0 Å². The van der Waals surface area contributed by atoms with Crippen LogP contribution in [-0.4, -0.2) is 21.1 Å². The first kappa shape index (κ1) is 13.8. The van der Waals surface area contributed by atoms with Crippen LogP contribution in [0.3, 0.4) is 0 Å². The summed E-state index contributed by atoms with van der Waals surface area (Å²) in [5.41, 5.74) is 7.31. The summed E-state index contributed by atoms with van der Waals surface area (Å²) in [5, 5.41) is 7.95. The van der Waals surface area contributed by atoms with Crippen LogP contribution in [0, 0.1) is 5.92 Å². The van der Waals surface area contributed by atoms with Gasteiger partial charge in [0.1, 0.15) is 10.4 Å². The van der Waals surface area contributed by atoms with Gasteiger partial charge in [0.05, 0.1) is 5.69 Å². The number of halogens is 1. The third kappa shape index (κ3) is 2.81. The summed E-state index contributed by atoms with van der Waals surface area (Å²) in [5.74, 6) is 1.78. The molecule has 2 aromatic rings. The average molecular weight is 338 g/mol. The summed E-state index contributed by atoms with van der Waals surface area (Å²) in [4.78, 5) is 4.42. The number of hydrogen-bond donors (Lipinski definition) is 2. The lowest BCUT2D eigenvalue weighted by Gasteiger charge is -2.10. The summed E-state index contributed by atoms with van der Waals surface area (Å²) in [6.07, 6.45) is 6.82. The number of nitrogens with two attached hydrogens (primary N) is 1. The number of aromatic nitrogens is 3. The van der Waals surface area contributed by atoms with Gasteiger partial charge in [-0.25, -0.2) is 9.50 Å². The molecule has 0 aliphatic heterocycles. The summed E-state index contributed by atoms with van der Waals surface area (Å²) in [6.45, 7) is 1.40. The molecule has 5 nitrogen and oxygen atoms in total. The quantitative estimate of drug-likeness (QED) is 0.880. The van der Waals surface area contributed by atoms with Crippen LogP contribution in [0.5, 0.6) is 0 Å². The molecule has 0 bridgehead atoms. The smallest absolute Gasteiger partial charge is 0.155 e. The van der Waals surface area contributed by atoms with Crippen LogP contribution in [0.1, 0.15) is 37.8 Å². The Bertz CT molecular complexity index is 589. The molecule has 0 radical (unpaired) electrons.